The van der Waals surface area contributed by atoms with Crippen LogP contribution in [0.3, 0.4) is 0 Å². The summed E-state index contributed by atoms with van der Waals surface area (Å²) in [6.07, 6.45) is 4.03. The number of anilines is 1. The fourth-order valence-electron chi connectivity index (χ4n) is 3.28. The Kier molecular flexibility index (Phi) is 5.26. The predicted molar refractivity (Wildman–Crippen MR) is 93.8 cm³/mol. The van der Waals surface area contributed by atoms with Crippen molar-refractivity contribution < 1.29 is 9.59 Å². The summed E-state index contributed by atoms with van der Waals surface area (Å²) in [5, 5.41) is 0.381. The lowest BCUT2D eigenvalue weighted by Gasteiger charge is -2.33. The van der Waals surface area contributed by atoms with E-state index in [1.54, 1.807) is 0 Å². The molecule has 0 bridgehead atoms. The standard InChI is InChI=1S/C18H24N2O2S/c1-14-13-20(15-7-3-4-8-16(15)23-14)18(22)10-9-17(21)19-11-5-2-6-12-19/h3-4,7-8,14H,2,5-6,9-13H2,1H3. The fourth-order valence-corrected chi connectivity index (χ4v) is 4.39. The largest absolute Gasteiger partial charge is 0.343 e. The number of piperidine rings is 1. The number of rotatable bonds is 3. The number of carbonyl (C=O) groups excluding carboxylic acids is 2. The number of nitrogens with zero attached hydrogens (tertiary/aromatic N) is 2. The maximum Gasteiger partial charge on any atom is 0.227 e. The molecule has 1 fully saturated rings. The molecule has 2 aliphatic rings. The summed E-state index contributed by atoms with van der Waals surface area (Å²) in [4.78, 5) is 29.8. The molecule has 0 N–H and O–H groups in total. The average molecular weight is 332 g/mol. The lowest BCUT2D eigenvalue weighted by molar-refractivity contribution is -0.134. The van der Waals surface area contributed by atoms with E-state index < -0.39 is 0 Å². The van der Waals surface area contributed by atoms with Gasteiger partial charge in [-0.15, -0.1) is 11.8 Å². The minimum Gasteiger partial charge on any atom is -0.343 e. The first kappa shape index (κ1) is 16.4. The van der Waals surface area contributed by atoms with Crippen molar-refractivity contribution in [1.82, 2.24) is 4.90 Å². The molecule has 0 spiro atoms. The van der Waals surface area contributed by atoms with Crippen molar-refractivity contribution in [1.29, 1.82) is 0 Å². The van der Waals surface area contributed by atoms with Gasteiger partial charge in [0.25, 0.3) is 0 Å². The molecule has 124 valence electrons. The number of fused-ring (bicyclic) bond motifs is 1. The quantitative estimate of drug-likeness (QED) is 0.853. The number of amides is 2. The van der Waals surface area contributed by atoms with Gasteiger partial charge in [0.15, 0.2) is 0 Å². The molecule has 1 atom stereocenters. The molecule has 23 heavy (non-hydrogen) atoms. The average Bonchev–Trinajstić information content (AvgIpc) is 2.59. The summed E-state index contributed by atoms with van der Waals surface area (Å²) < 4.78 is 0. The zero-order valence-electron chi connectivity index (χ0n) is 13.7. The Labute approximate surface area is 142 Å². The zero-order chi connectivity index (χ0) is 16.2. The molecule has 0 aromatic heterocycles. The SMILES string of the molecule is CC1CN(C(=O)CCC(=O)N2CCCCC2)c2ccccc2S1. The van der Waals surface area contributed by atoms with Crippen molar-refractivity contribution in [3.05, 3.63) is 24.3 Å². The molecule has 3 rings (SSSR count). The van der Waals surface area contributed by atoms with E-state index in [1.807, 2.05) is 39.8 Å². The van der Waals surface area contributed by atoms with Gasteiger partial charge in [0.05, 0.1) is 5.69 Å². The molecule has 0 radical (unpaired) electrons. The molecule has 1 aromatic rings. The molecule has 1 aromatic carbocycles. The van der Waals surface area contributed by atoms with E-state index in [9.17, 15) is 9.59 Å². The second-order valence-corrected chi connectivity index (χ2v) is 7.82. The number of para-hydroxylation sites is 1. The van der Waals surface area contributed by atoms with Crippen molar-refractivity contribution in [3.63, 3.8) is 0 Å². The Morgan fingerprint density at radius 2 is 1.78 bits per heavy atom. The molecule has 2 aliphatic heterocycles. The summed E-state index contributed by atoms with van der Waals surface area (Å²) in [5.74, 6) is 0.195. The molecule has 0 aliphatic carbocycles. The summed E-state index contributed by atoms with van der Waals surface area (Å²) >= 11 is 1.81. The third-order valence-electron chi connectivity index (χ3n) is 4.49. The second-order valence-electron chi connectivity index (χ2n) is 6.34. The van der Waals surface area contributed by atoms with Gasteiger partial charge < -0.3 is 9.80 Å². The first-order chi connectivity index (χ1) is 11.1. The third kappa shape index (κ3) is 3.89. The smallest absolute Gasteiger partial charge is 0.227 e. The van der Waals surface area contributed by atoms with Gasteiger partial charge >= 0.3 is 0 Å². The number of hydrogen-bond acceptors (Lipinski definition) is 3. The maximum absolute atomic E-state index is 12.6. The van der Waals surface area contributed by atoms with Crippen LogP contribution in [0.1, 0.15) is 39.0 Å². The maximum atomic E-state index is 12.6. The highest BCUT2D eigenvalue weighted by atomic mass is 32.2. The Balaban J connectivity index is 1.61. The van der Waals surface area contributed by atoms with Crippen LogP contribution < -0.4 is 4.90 Å². The van der Waals surface area contributed by atoms with Crippen molar-refractivity contribution in [2.75, 3.05) is 24.5 Å². The van der Waals surface area contributed by atoms with Crippen LogP contribution in [0.15, 0.2) is 29.2 Å². The van der Waals surface area contributed by atoms with Crippen molar-refractivity contribution in [3.8, 4) is 0 Å². The summed E-state index contributed by atoms with van der Waals surface area (Å²) in [7, 11) is 0. The number of likely N-dealkylation sites (tertiary alicyclic amines) is 1. The highest BCUT2D eigenvalue weighted by Gasteiger charge is 2.27. The predicted octanol–water partition coefficient (Wildman–Crippen LogP) is 3.31. The molecular weight excluding hydrogens is 308 g/mol. The number of hydrogen-bond donors (Lipinski definition) is 0. The Bertz CT molecular complexity index is 584. The van der Waals surface area contributed by atoms with Crippen LogP contribution in [0.2, 0.25) is 0 Å². The minimum absolute atomic E-state index is 0.0648. The first-order valence-electron chi connectivity index (χ1n) is 8.49. The van der Waals surface area contributed by atoms with E-state index in [-0.39, 0.29) is 11.8 Å². The minimum atomic E-state index is 0.0648. The van der Waals surface area contributed by atoms with Crippen molar-refractivity contribution in [2.24, 2.45) is 0 Å². The van der Waals surface area contributed by atoms with Crippen LogP contribution in [-0.2, 0) is 9.59 Å². The van der Waals surface area contributed by atoms with Gasteiger partial charge in [0.1, 0.15) is 0 Å². The summed E-state index contributed by atoms with van der Waals surface area (Å²) in [6, 6.07) is 8.04. The third-order valence-corrected chi connectivity index (χ3v) is 5.64. The van der Waals surface area contributed by atoms with Gasteiger partial charge in [-0.3, -0.25) is 9.59 Å². The van der Waals surface area contributed by atoms with Gasteiger partial charge in [0.2, 0.25) is 11.8 Å². The summed E-state index contributed by atoms with van der Waals surface area (Å²) in [5.41, 5.74) is 0.992. The molecule has 0 saturated carbocycles. The zero-order valence-corrected chi connectivity index (χ0v) is 14.5. The van der Waals surface area contributed by atoms with Crippen molar-refractivity contribution in [2.45, 2.75) is 49.2 Å². The van der Waals surface area contributed by atoms with Gasteiger partial charge in [-0.25, -0.2) is 0 Å². The highest BCUT2D eigenvalue weighted by molar-refractivity contribution is 8.00. The van der Waals surface area contributed by atoms with Crippen LogP contribution >= 0.6 is 11.8 Å². The van der Waals surface area contributed by atoms with E-state index in [1.165, 1.54) is 6.42 Å². The Morgan fingerprint density at radius 3 is 2.57 bits per heavy atom. The fraction of sp³-hybridized carbons (Fsp3) is 0.556. The number of benzene rings is 1. The van der Waals surface area contributed by atoms with Gasteiger partial charge in [0, 0.05) is 42.6 Å². The second kappa shape index (κ2) is 7.39. The normalized spacial score (nSPS) is 21.0. The highest BCUT2D eigenvalue weighted by Crippen LogP contribution is 2.38. The van der Waals surface area contributed by atoms with Crippen molar-refractivity contribution >= 4 is 29.3 Å². The van der Waals surface area contributed by atoms with E-state index in [0.717, 1.165) is 43.1 Å². The topological polar surface area (TPSA) is 40.6 Å². The van der Waals surface area contributed by atoms with Gasteiger partial charge in [-0.1, -0.05) is 19.1 Å². The molecule has 1 unspecified atom stereocenters. The lowest BCUT2D eigenvalue weighted by atomic mass is 10.1. The van der Waals surface area contributed by atoms with Crippen LogP contribution in [0.4, 0.5) is 5.69 Å². The van der Waals surface area contributed by atoms with Crippen LogP contribution in [-0.4, -0.2) is 41.6 Å². The Hall–Kier alpha value is -1.49. The van der Waals surface area contributed by atoms with E-state index in [4.69, 9.17) is 0 Å². The van der Waals surface area contributed by atoms with E-state index in [0.29, 0.717) is 18.1 Å². The molecule has 2 amide bonds. The van der Waals surface area contributed by atoms with Crippen LogP contribution in [0.5, 0.6) is 0 Å². The van der Waals surface area contributed by atoms with E-state index >= 15 is 0 Å². The summed E-state index contributed by atoms with van der Waals surface area (Å²) in [6.45, 7) is 4.57. The Morgan fingerprint density at radius 1 is 1.09 bits per heavy atom. The monoisotopic (exact) mass is 332 g/mol. The number of carbonyl (C=O) groups is 2. The van der Waals surface area contributed by atoms with Crippen LogP contribution in [0, 0.1) is 0 Å². The molecule has 2 heterocycles. The number of thioether (sulfide) groups is 1. The first-order valence-corrected chi connectivity index (χ1v) is 9.37. The lowest BCUT2D eigenvalue weighted by Crippen LogP contribution is -2.40. The molecule has 5 heteroatoms. The van der Waals surface area contributed by atoms with E-state index in [2.05, 4.69) is 13.0 Å². The van der Waals surface area contributed by atoms with Gasteiger partial charge in [-0.2, -0.15) is 0 Å². The molecular formula is C18H24N2O2S. The van der Waals surface area contributed by atoms with Crippen LogP contribution in [0.25, 0.3) is 0 Å². The molecule has 4 nitrogen and oxygen atoms in total. The molecule has 1 saturated heterocycles. The van der Waals surface area contributed by atoms with Gasteiger partial charge in [-0.05, 0) is 31.4 Å².